The van der Waals surface area contributed by atoms with Crippen molar-refractivity contribution in [2.45, 2.75) is 13.3 Å². The molecule has 0 aromatic heterocycles. The van der Waals surface area contributed by atoms with Gasteiger partial charge in [-0.3, -0.25) is 4.57 Å². The Labute approximate surface area is 74.2 Å². The molecule has 4 heteroatoms. The van der Waals surface area contributed by atoms with Crippen molar-refractivity contribution in [1.82, 2.24) is 0 Å². The van der Waals surface area contributed by atoms with Crippen LogP contribution < -0.4 is 0 Å². The van der Waals surface area contributed by atoms with Gasteiger partial charge in [-0.15, -0.1) is 0 Å². The van der Waals surface area contributed by atoms with Crippen LogP contribution in [0.3, 0.4) is 0 Å². The first kappa shape index (κ1) is 11.3. The van der Waals surface area contributed by atoms with Crippen molar-refractivity contribution < 1.29 is 9.46 Å². The monoisotopic (exact) mass is 150 g/mol. The van der Waals surface area contributed by atoms with Gasteiger partial charge in [0.05, 0.1) is 0 Å². The summed E-state index contributed by atoms with van der Waals surface area (Å²) in [5.74, 6) is 0. The van der Waals surface area contributed by atoms with Crippen molar-refractivity contribution in [2.24, 2.45) is 0 Å². The van der Waals surface area contributed by atoms with Gasteiger partial charge in [-0.05, 0) is 6.42 Å². The minimum absolute atomic E-state index is 0. The van der Waals surface area contributed by atoms with E-state index < -0.39 is 8.03 Å². The van der Waals surface area contributed by atoms with Gasteiger partial charge >= 0.3 is 37.7 Å². The molecule has 0 spiro atoms. The maximum absolute atomic E-state index is 9.78. The van der Waals surface area contributed by atoms with E-state index in [1.165, 1.54) is 0 Å². The first-order valence-electron chi connectivity index (χ1n) is 1.99. The molecule has 2 nitrogen and oxygen atoms in total. The average molecular weight is 150 g/mol. The van der Waals surface area contributed by atoms with E-state index >= 15 is 0 Å². The normalized spacial score (nSPS) is 12.3. The average Bonchev–Trinajstić information content (AvgIpc) is 1.35. The van der Waals surface area contributed by atoms with Crippen molar-refractivity contribution in [1.29, 1.82) is 0 Å². The second kappa shape index (κ2) is 7.45. The van der Waals surface area contributed by atoms with Crippen molar-refractivity contribution in [2.75, 3.05) is 6.16 Å². The van der Waals surface area contributed by atoms with Gasteiger partial charge in [0, 0.05) is 6.16 Å². The zero-order valence-corrected chi connectivity index (χ0v) is 4.77. The second-order valence-corrected chi connectivity index (χ2v) is 2.43. The van der Waals surface area contributed by atoms with Crippen molar-refractivity contribution in [3.8, 4) is 0 Å². The molecule has 0 aromatic carbocycles. The van der Waals surface area contributed by atoms with Crippen LogP contribution in [0.5, 0.6) is 0 Å². The van der Waals surface area contributed by atoms with Crippen LogP contribution in [-0.4, -0.2) is 48.8 Å². The first-order valence-corrected chi connectivity index (χ1v) is 3.55. The molecule has 1 atom stereocenters. The number of hydrogen-bond acceptors (Lipinski definition) is 1. The Morgan fingerprint density at radius 2 is 2.14 bits per heavy atom. The van der Waals surface area contributed by atoms with Crippen LogP contribution in [-0.2, 0) is 4.57 Å². The molecule has 0 rings (SSSR count). The summed E-state index contributed by atoms with van der Waals surface area (Å²) in [6.45, 7) is 1.89. The van der Waals surface area contributed by atoms with E-state index in [4.69, 9.17) is 4.89 Å². The number of hydrogen-bond donors (Lipinski definition) is 1. The molecule has 0 heterocycles. The molecule has 0 aromatic rings. The molecule has 0 saturated carbocycles. The Morgan fingerprint density at radius 3 is 2.14 bits per heavy atom. The molecule has 0 aliphatic heterocycles. The van der Waals surface area contributed by atoms with E-state index in [1.54, 1.807) is 0 Å². The fourth-order valence-electron chi connectivity index (χ4n) is 0.214. The van der Waals surface area contributed by atoms with Crippen LogP contribution in [0.15, 0.2) is 0 Å². The van der Waals surface area contributed by atoms with Crippen LogP contribution in [0.1, 0.15) is 13.3 Å². The molecule has 0 aliphatic carbocycles. The maximum atomic E-state index is 9.78. The van der Waals surface area contributed by atoms with Gasteiger partial charge in [-0.1, -0.05) is 6.92 Å². The summed E-state index contributed by atoms with van der Waals surface area (Å²) in [4.78, 5) is 8.10. The molecular weight excluding hydrogens is 139 g/mol. The van der Waals surface area contributed by atoms with Crippen LogP contribution in [0.4, 0.5) is 0 Å². The molecule has 0 bridgehead atoms. The van der Waals surface area contributed by atoms with Crippen LogP contribution in [0.2, 0.25) is 0 Å². The molecule has 0 saturated heterocycles. The third-order valence-electron chi connectivity index (χ3n) is 0.464. The topological polar surface area (TPSA) is 37.3 Å². The summed E-state index contributed by atoms with van der Waals surface area (Å²) in [6, 6.07) is 0. The van der Waals surface area contributed by atoms with Gasteiger partial charge in [0.1, 0.15) is 0 Å². The third-order valence-corrected chi connectivity index (χ3v) is 1.39. The van der Waals surface area contributed by atoms with E-state index in [9.17, 15) is 4.57 Å². The zero-order chi connectivity index (χ0) is 4.99. The van der Waals surface area contributed by atoms with Crippen LogP contribution in [0, 0.1) is 0 Å². The van der Waals surface area contributed by atoms with Crippen LogP contribution in [0.25, 0.3) is 0 Å². The van der Waals surface area contributed by atoms with Gasteiger partial charge in [-0.2, -0.15) is 0 Å². The molecule has 0 radical (unpaired) electrons. The Hall–Kier alpha value is 1.45. The standard InChI is InChI=1S/C3H9O2P.Ca.2H/c1-2-3-6(4)5;;;/h6H,2-3H2,1H3,(H,4,5);;;. The summed E-state index contributed by atoms with van der Waals surface area (Å²) in [6.07, 6.45) is 1.29. The molecule has 7 heavy (non-hydrogen) atoms. The first-order chi connectivity index (χ1) is 2.77. The SMILES string of the molecule is CCC[PH](=O)O.[CaH2]. The van der Waals surface area contributed by atoms with Gasteiger partial charge in [0.15, 0.2) is 8.03 Å². The Balaban J connectivity index is 0. The summed E-state index contributed by atoms with van der Waals surface area (Å²) < 4.78 is 9.78. The molecule has 1 N–H and O–H groups in total. The minimum atomic E-state index is -2.14. The summed E-state index contributed by atoms with van der Waals surface area (Å²) >= 11 is 0. The predicted molar refractivity (Wildman–Crippen MR) is 34.9 cm³/mol. The van der Waals surface area contributed by atoms with Gasteiger partial charge < -0.3 is 4.89 Å². The summed E-state index contributed by atoms with van der Waals surface area (Å²) in [5, 5.41) is 0. The van der Waals surface area contributed by atoms with E-state index in [0.717, 1.165) is 6.42 Å². The summed E-state index contributed by atoms with van der Waals surface area (Å²) in [5.41, 5.74) is 0. The quantitative estimate of drug-likeness (QED) is 0.442. The third kappa shape index (κ3) is 11.2. The van der Waals surface area contributed by atoms with E-state index in [2.05, 4.69) is 0 Å². The van der Waals surface area contributed by atoms with E-state index in [1.807, 2.05) is 6.92 Å². The Morgan fingerprint density at radius 1 is 1.71 bits per heavy atom. The Bertz CT molecular complexity index is 56.9. The molecule has 0 amide bonds. The second-order valence-electron chi connectivity index (χ2n) is 1.14. The van der Waals surface area contributed by atoms with Crippen molar-refractivity contribution >= 4 is 45.8 Å². The fourth-order valence-corrected chi connectivity index (χ4v) is 0.642. The van der Waals surface area contributed by atoms with Gasteiger partial charge in [-0.25, -0.2) is 0 Å². The molecule has 1 unspecified atom stereocenters. The summed E-state index contributed by atoms with van der Waals surface area (Å²) in [7, 11) is -2.14. The molecule has 0 aliphatic rings. The van der Waals surface area contributed by atoms with E-state index in [0.29, 0.717) is 6.16 Å². The van der Waals surface area contributed by atoms with Gasteiger partial charge in [0.2, 0.25) is 0 Å². The van der Waals surface area contributed by atoms with Gasteiger partial charge in [0.25, 0.3) is 0 Å². The van der Waals surface area contributed by atoms with Crippen molar-refractivity contribution in [3.05, 3.63) is 0 Å². The number of rotatable bonds is 2. The molecular formula is C3H11CaO2P. The fraction of sp³-hybridized carbons (Fsp3) is 1.00. The molecule has 42 valence electrons. The molecule has 0 fully saturated rings. The zero-order valence-electron chi connectivity index (χ0n) is 3.77. The Kier molecular flexibility index (Phi) is 12.0. The van der Waals surface area contributed by atoms with Crippen molar-refractivity contribution in [3.63, 3.8) is 0 Å². The van der Waals surface area contributed by atoms with Crippen LogP contribution >= 0.6 is 8.03 Å². The van der Waals surface area contributed by atoms with E-state index in [-0.39, 0.29) is 37.7 Å². The predicted octanol–water partition coefficient (Wildman–Crippen LogP) is -0.0528.